The van der Waals surface area contributed by atoms with Crippen molar-refractivity contribution in [3.63, 3.8) is 0 Å². The first kappa shape index (κ1) is 99.1. The number of aliphatic hydroxyl groups is 10. The molecule has 7 aliphatic rings. The van der Waals surface area contributed by atoms with Crippen LogP contribution in [0.2, 0.25) is 0 Å². The molecular formula is C75H118Br2N16O27. The maximum absolute atomic E-state index is 15.4. The molecule has 7 rings (SSSR count). The zero-order valence-corrected chi connectivity index (χ0v) is 70.0. The van der Waals surface area contributed by atoms with Crippen molar-refractivity contribution < 1.29 is 138 Å². The predicted octanol–water partition coefficient (Wildman–Crippen LogP) is -11.9. The number of quaternary nitrogens is 1. The van der Waals surface area contributed by atoms with E-state index in [1.807, 2.05) is 6.08 Å². The van der Waals surface area contributed by atoms with Gasteiger partial charge in [0.2, 0.25) is 88.9 Å². The quantitative estimate of drug-likeness (QED) is 0.0448. The minimum absolute atomic E-state index is 0.0846. The number of aliphatic carboxylic acids is 1. The van der Waals surface area contributed by atoms with Crippen LogP contribution in [0, 0.1) is 17.8 Å². The van der Waals surface area contributed by atoms with Gasteiger partial charge in [-0.15, -0.1) is 0 Å². The van der Waals surface area contributed by atoms with E-state index < -0.39 is 301 Å². The first-order valence-corrected chi connectivity index (χ1v) is 42.4. The Morgan fingerprint density at radius 3 is 1.72 bits per heavy atom. The maximum atomic E-state index is 15.4. The monoisotopic (exact) mass is 1830 g/mol. The van der Waals surface area contributed by atoms with Crippen LogP contribution in [0.15, 0.2) is 23.8 Å². The molecule has 4 saturated heterocycles. The van der Waals surface area contributed by atoms with Gasteiger partial charge in [0.05, 0.1) is 75.6 Å². The molecule has 0 aromatic heterocycles. The Morgan fingerprint density at radius 2 is 1.11 bits per heavy atom. The average molecular weight is 1840 g/mol. The lowest BCUT2D eigenvalue weighted by molar-refractivity contribution is -0.970. The zero-order chi connectivity index (χ0) is 88.5. The van der Waals surface area contributed by atoms with Crippen LogP contribution in [0.3, 0.4) is 0 Å². The van der Waals surface area contributed by atoms with Crippen molar-refractivity contribution in [2.75, 3.05) is 46.1 Å². The number of rotatable bonds is 18. The summed E-state index contributed by atoms with van der Waals surface area (Å²) in [7, 11) is 0. The molecule has 4 aliphatic heterocycles. The molecule has 0 spiro atoms. The minimum Gasteiger partial charge on any atom is -0.548 e. The SMILES string of the molecule is CC(C=CC1CCC(Br)CC1)=C[C@H](O)[C@@H]1CC(=O)N[C@@H](CO)C(=O)N[C@@H]2CN3CC(C[C@H](NC(=O)C[C@H](O)C[C@@H](C(=O)[O-])NC(=O)CCNC(=O)[C@H](CC4CCC(Br)CC4)NC(=O)[C@H]([C@@H](O)C(N)=O)NC(=O)[C@H](CC(N)=O)NC2=O)C(=O)N[C@@H]([C@H](C)O)C(=O)N[C@@H](CO)C(=O)N[C@@H](CC2CCCCC2)C(=O)N1)[NH+]([C@@H]1O[C@H](CO)[C@H](O)[C@H](O)[C@H]1O)C3. The van der Waals surface area contributed by atoms with Crippen molar-refractivity contribution in [1.82, 2.24) is 68.7 Å². The highest BCUT2D eigenvalue weighted by Crippen LogP contribution is 2.33. The Balaban J connectivity index is 1.40. The van der Waals surface area contributed by atoms with Gasteiger partial charge in [-0.1, -0.05) is 87.8 Å². The molecule has 0 aromatic carbocycles. The lowest BCUT2D eigenvalue weighted by Crippen LogP contribution is -3.20. The van der Waals surface area contributed by atoms with Gasteiger partial charge in [-0.05, 0) is 102 Å². The first-order valence-electron chi connectivity index (χ1n) is 40.6. The van der Waals surface area contributed by atoms with Crippen LogP contribution in [-0.2, 0) is 76.7 Å². The fourth-order valence-electron chi connectivity index (χ4n) is 16.1. The van der Waals surface area contributed by atoms with E-state index >= 15 is 14.4 Å². The number of carbonyl (C=O) groups is 15. The third kappa shape index (κ3) is 29.9. The second-order valence-electron chi connectivity index (χ2n) is 32.4. The van der Waals surface area contributed by atoms with E-state index in [-0.39, 0.29) is 40.3 Å². The van der Waals surface area contributed by atoms with Crippen LogP contribution in [0.4, 0.5) is 0 Å². The molecule has 7 fully saturated rings. The highest BCUT2D eigenvalue weighted by Gasteiger charge is 2.54. The second-order valence-corrected chi connectivity index (χ2v) is 34.9. The van der Waals surface area contributed by atoms with Gasteiger partial charge >= 0.3 is 0 Å². The molecule has 27 N–H and O–H groups in total. The van der Waals surface area contributed by atoms with Crippen molar-refractivity contribution in [1.29, 1.82) is 0 Å². The average Bonchev–Trinajstić information content (AvgIpc) is 1.57. The number of hydrogen-bond acceptors (Lipinski definition) is 28. The fourth-order valence-corrected chi connectivity index (χ4v) is 17.1. The third-order valence-electron chi connectivity index (χ3n) is 22.9. The summed E-state index contributed by atoms with van der Waals surface area (Å²) < 4.78 is 6.03. The van der Waals surface area contributed by atoms with E-state index in [9.17, 15) is 114 Å². The van der Waals surface area contributed by atoms with Crippen molar-refractivity contribution in [3.8, 4) is 0 Å². The summed E-state index contributed by atoms with van der Waals surface area (Å²) in [6.45, 7) is -3.60. The lowest BCUT2D eigenvalue weighted by atomic mass is 9.84. The summed E-state index contributed by atoms with van der Waals surface area (Å²) in [5.74, 6) is -21.0. The Kier molecular flexibility index (Phi) is 39.3. The number of carbonyl (C=O) groups excluding carboxylic acids is 15. The van der Waals surface area contributed by atoms with Crippen molar-refractivity contribution in [2.24, 2.45) is 29.2 Å². The minimum atomic E-state index is -2.68. The van der Waals surface area contributed by atoms with Crippen LogP contribution >= 0.6 is 31.9 Å². The van der Waals surface area contributed by atoms with Crippen molar-refractivity contribution >= 4 is 121 Å². The molecule has 3 aliphatic carbocycles. The number of ether oxygens (including phenoxy) is 1. The number of primary amides is 2. The molecule has 0 aromatic rings. The summed E-state index contributed by atoms with van der Waals surface area (Å²) in [5.41, 5.74) is 11.6. The Hall–Kier alpha value is -8.03. The summed E-state index contributed by atoms with van der Waals surface area (Å²) in [6.07, 6.45) is -10.3. The van der Waals surface area contributed by atoms with E-state index in [2.05, 4.69) is 95.7 Å². The zero-order valence-electron chi connectivity index (χ0n) is 66.8. The molecule has 45 heteroatoms. The topological polar surface area (TPSA) is 695 Å². The van der Waals surface area contributed by atoms with Crippen LogP contribution in [0.5, 0.6) is 0 Å². The van der Waals surface area contributed by atoms with Gasteiger partial charge in [-0.25, -0.2) is 4.90 Å². The van der Waals surface area contributed by atoms with Gasteiger partial charge in [-0.3, -0.25) is 72.0 Å². The number of carboxylic acid groups (broad SMARTS) is 1. The Labute approximate surface area is 708 Å². The van der Waals surface area contributed by atoms with Gasteiger partial charge in [0.25, 0.3) is 0 Å². The molecule has 14 amide bonds. The van der Waals surface area contributed by atoms with E-state index in [1.165, 1.54) is 11.0 Å². The smallest absolute Gasteiger partial charge is 0.248 e. The second kappa shape index (κ2) is 47.6. The highest BCUT2D eigenvalue weighted by molar-refractivity contribution is 9.09. The standard InChI is InChI=1S/C75H118Br2N16O27/c1-34(8-9-36-10-14-39(76)15-11-36)20-52(99)43-27-57(103)83-50(30-94)70(114)88-49-29-92-28-41(93(33-92)74-63(107)62(106)60(104)53(32-96)120-74)23-46(67(111)90-58(35(2)97)72(116)89-51(31-95)71(115)85-45(66(110)84-43)21-37-6-4-3-5-7-37)81-56(102)25-42(98)24-48(75(118)119)82-55(101)18-19-80-65(109)44(22-38-12-16-40(77)17-13-38)87-73(117)59(61(105)64(79)108)91-68(112)47(26-54(78)100)86-69(49)113/h8-9,20,35-53,58-63,74,94-99,104-107H,3-7,10-19,21-33H2,1-2H3,(H2,78,100)(H2,79,108)(H,80,109)(H,81,102)(H,82,101)(H,83,103)(H,84,110)(H,85,115)(H,86,113)(H,87,117)(H,88,114)(H,89,116)(H,90,111)(H,91,112)(H,118,119)/t35-,36?,38?,39?,40?,41?,42+,43-,44-,45-,46-,47-,48-,49+,50-,51-,52-,53+,58-,59-,60-,61+,62-,63+,74+/m0/s1. The molecule has 3 unspecified atom stereocenters. The Bertz CT molecular complexity index is 3640. The van der Waals surface area contributed by atoms with E-state index in [0.29, 0.717) is 48.9 Å². The largest absolute Gasteiger partial charge is 0.548 e. The van der Waals surface area contributed by atoms with Crippen LogP contribution in [0.1, 0.15) is 149 Å². The lowest BCUT2D eigenvalue weighted by Gasteiger charge is -2.42. The number of alkyl halides is 2. The first-order chi connectivity index (χ1) is 56.8. The Morgan fingerprint density at radius 1 is 0.567 bits per heavy atom. The highest BCUT2D eigenvalue weighted by atomic mass is 79.9. The number of allylic oxidation sites excluding steroid dienone is 3. The number of amides is 14. The molecule has 120 heavy (non-hydrogen) atoms. The third-order valence-corrected chi connectivity index (χ3v) is 24.7. The number of fused-ring (bicyclic) bond motifs is 2. The van der Waals surface area contributed by atoms with E-state index in [0.717, 1.165) is 51.9 Å². The maximum Gasteiger partial charge on any atom is 0.248 e. The van der Waals surface area contributed by atoms with Crippen LogP contribution < -0.4 is 85.3 Å². The van der Waals surface area contributed by atoms with Crippen molar-refractivity contribution in [3.05, 3.63) is 23.8 Å². The van der Waals surface area contributed by atoms with Gasteiger partial charge in [0.1, 0.15) is 85.4 Å². The summed E-state index contributed by atoms with van der Waals surface area (Å²) in [5, 5.41) is 154. The summed E-state index contributed by atoms with van der Waals surface area (Å²) in [4.78, 5) is 216. The van der Waals surface area contributed by atoms with E-state index in [1.54, 1.807) is 13.0 Å². The molecule has 23 atom stereocenters. The molecular weight excluding hydrogens is 1720 g/mol. The van der Waals surface area contributed by atoms with Gasteiger partial charge in [0, 0.05) is 42.0 Å². The molecule has 674 valence electrons. The van der Waals surface area contributed by atoms with E-state index in [4.69, 9.17) is 16.2 Å². The molecule has 0 radical (unpaired) electrons. The van der Waals surface area contributed by atoms with Crippen LogP contribution in [-0.4, -0.2) is 328 Å². The predicted molar refractivity (Wildman–Crippen MR) is 422 cm³/mol. The van der Waals surface area contributed by atoms with Gasteiger partial charge in [0.15, 0.2) is 12.2 Å². The number of aliphatic hydroxyl groups excluding tert-OH is 10. The molecule has 43 nitrogen and oxygen atoms in total. The molecule has 4 heterocycles. The number of nitrogens with zero attached hydrogens (tertiary/aromatic N) is 1. The summed E-state index contributed by atoms with van der Waals surface area (Å²) in [6, 6.07) is -23.8. The molecule has 4 bridgehead atoms. The van der Waals surface area contributed by atoms with Gasteiger partial charge < -0.3 is 141 Å². The van der Waals surface area contributed by atoms with Crippen molar-refractivity contribution in [2.45, 2.75) is 286 Å². The number of nitrogens with two attached hydrogens (primary N) is 2. The fraction of sp³-hybridized carbons (Fsp3) is 0.747. The summed E-state index contributed by atoms with van der Waals surface area (Å²) >= 11 is 7.21. The van der Waals surface area contributed by atoms with Gasteiger partial charge in [-0.2, -0.15) is 0 Å². The number of carboxylic acids is 1. The number of halogens is 2. The normalized spacial score (nSPS) is 35.6. The number of nitrogens with one attached hydrogen (secondary N) is 13. The number of hydrogen-bond donors (Lipinski definition) is 25. The molecule has 3 saturated carbocycles. The van der Waals surface area contributed by atoms with Crippen LogP contribution in [0.25, 0.3) is 0 Å².